The van der Waals surface area contributed by atoms with Crippen molar-refractivity contribution < 1.29 is 10.0 Å². The first-order valence-corrected chi connectivity index (χ1v) is 2.96. The summed E-state index contributed by atoms with van der Waals surface area (Å²) >= 11 is 0. The zero-order valence-corrected chi connectivity index (χ0v) is 5.64. The summed E-state index contributed by atoms with van der Waals surface area (Å²) in [7, 11) is 0. The van der Waals surface area contributed by atoms with Crippen molar-refractivity contribution in [3.63, 3.8) is 0 Å². The molecule has 4 nitrogen and oxygen atoms in total. The van der Waals surface area contributed by atoms with E-state index in [1.165, 1.54) is 12.4 Å². The van der Waals surface area contributed by atoms with Gasteiger partial charge in [-0.25, -0.2) is 0 Å². The SMILES string of the molecule is O=C(/C=N\O)c1ccncc1. The highest BCUT2D eigenvalue weighted by atomic mass is 16.4. The van der Waals surface area contributed by atoms with Gasteiger partial charge < -0.3 is 5.21 Å². The van der Waals surface area contributed by atoms with Crippen molar-refractivity contribution in [2.24, 2.45) is 5.16 Å². The predicted octanol–water partition coefficient (Wildman–Crippen LogP) is 0.724. The normalized spacial score (nSPS) is 10.2. The maximum atomic E-state index is 10.9. The molecule has 1 N–H and O–H groups in total. The lowest BCUT2D eigenvalue weighted by Gasteiger charge is -1.90. The van der Waals surface area contributed by atoms with Crippen molar-refractivity contribution in [2.45, 2.75) is 0 Å². The molecule has 0 atom stereocenters. The van der Waals surface area contributed by atoms with Crippen molar-refractivity contribution in [2.75, 3.05) is 0 Å². The second-order valence-electron chi connectivity index (χ2n) is 1.84. The summed E-state index contributed by atoms with van der Waals surface area (Å²) in [6, 6.07) is 3.09. The molecule has 0 aliphatic heterocycles. The molecule has 0 aromatic carbocycles. The molecule has 56 valence electrons. The van der Waals surface area contributed by atoms with Crippen LogP contribution in [0.3, 0.4) is 0 Å². The van der Waals surface area contributed by atoms with Crippen molar-refractivity contribution in [3.05, 3.63) is 30.1 Å². The Bertz CT molecular complexity index is 269. The highest BCUT2D eigenvalue weighted by Crippen LogP contribution is 1.95. The van der Waals surface area contributed by atoms with Crippen molar-refractivity contribution >= 4 is 12.0 Å². The molecule has 0 bridgehead atoms. The third-order valence-electron chi connectivity index (χ3n) is 1.14. The minimum atomic E-state index is -0.338. The third-order valence-corrected chi connectivity index (χ3v) is 1.14. The summed E-state index contributed by atoms with van der Waals surface area (Å²) in [5.41, 5.74) is 0.456. The second kappa shape index (κ2) is 3.46. The number of pyridine rings is 1. The van der Waals surface area contributed by atoms with E-state index in [1.807, 2.05) is 0 Å². The monoisotopic (exact) mass is 150 g/mol. The number of hydrogen-bond donors (Lipinski definition) is 1. The molecule has 0 saturated carbocycles. The molecule has 4 heteroatoms. The molecule has 0 fully saturated rings. The van der Waals surface area contributed by atoms with Gasteiger partial charge in [-0.15, -0.1) is 0 Å². The van der Waals surface area contributed by atoms with Gasteiger partial charge in [0.2, 0.25) is 5.78 Å². The molecule has 0 aliphatic rings. The fourth-order valence-corrected chi connectivity index (χ4v) is 0.643. The zero-order valence-electron chi connectivity index (χ0n) is 5.64. The molecule has 0 saturated heterocycles. The second-order valence-corrected chi connectivity index (χ2v) is 1.84. The number of carbonyl (C=O) groups is 1. The molecular weight excluding hydrogens is 144 g/mol. The van der Waals surface area contributed by atoms with Gasteiger partial charge in [-0.05, 0) is 12.1 Å². The van der Waals surface area contributed by atoms with Gasteiger partial charge in [0.05, 0.1) is 0 Å². The van der Waals surface area contributed by atoms with Gasteiger partial charge >= 0.3 is 0 Å². The smallest absolute Gasteiger partial charge is 0.207 e. The lowest BCUT2D eigenvalue weighted by molar-refractivity contribution is 0.106. The summed E-state index contributed by atoms with van der Waals surface area (Å²) in [4.78, 5) is 14.6. The minimum Gasteiger partial charge on any atom is -0.411 e. The Morgan fingerprint density at radius 2 is 2.18 bits per heavy atom. The highest BCUT2D eigenvalue weighted by Gasteiger charge is 1.99. The number of aromatic nitrogens is 1. The van der Waals surface area contributed by atoms with E-state index in [-0.39, 0.29) is 5.78 Å². The molecule has 1 aromatic rings. The Hall–Kier alpha value is -1.71. The van der Waals surface area contributed by atoms with E-state index in [4.69, 9.17) is 5.21 Å². The molecule has 0 unspecified atom stereocenters. The Labute approximate surface area is 63.2 Å². The summed E-state index contributed by atoms with van der Waals surface area (Å²) in [6.07, 6.45) is 3.84. The Balaban J connectivity index is 2.86. The number of hydrogen-bond acceptors (Lipinski definition) is 4. The number of rotatable bonds is 2. The largest absolute Gasteiger partial charge is 0.411 e. The lowest BCUT2D eigenvalue weighted by Crippen LogP contribution is -1.99. The predicted molar refractivity (Wildman–Crippen MR) is 38.8 cm³/mol. The summed E-state index contributed by atoms with van der Waals surface area (Å²) in [5.74, 6) is -0.338. The molecule has 0 spiro atoms. The fraction of sp³-hybridized carbons (Fsp3) is 0. The third kappa shape index (κ3) is 1.86. The molecular formula is C7H6N2O2. The number of nitrogens with zero attached hydrogens (tertiary/aromatic N) is 2. The van der Waals surface area contributed by atoms with Gasteiger partial charge in [0.25, 0.3) is 0 Å². The van der Waals surface area contributed by atoms with Gasteiger partial charge in [-0.2, -0.15) is 0 Å². The molecule has 1 heterocycles. The topological polar surface area (TPSA) is 62.5 Å². The first-order valence-electron chi connectivity index (χ1n) is 2.96. The first kappa shape index (κ1) is 7.40. The Kier molecular flexibility index (Phi) is 2.32. The van der Waals surface area contributed by atoms with Crippen LogP contribution in [0.25, 0.3) is 0 Å². The van der Waals surface area contributed by atoms with E-state index in [0.717, 1.165) is 6.21 Å². The molecule has 11 heavy (non-hydrogen) atoms. The number of Topliss-reactive ketones (excluding diaryl/α,β-unsaturated/α-hetero) is 1. The Morgan fingerprint density at radius 1 is 1.55 bits per heavy atom. The molecule has 0 aliphatic carbocycles. The standard InChI is InChI=1S/C7H6N2O2/c10-7(5-9-11)6-1-3-8-4-2-6/h1-5,11H/b9-5-. The zero-order chi connectivity index (χ0) is 8.10. The van der Waals surface area contributed by atoms with Crippen LogP contribution in [0, 0.1) is 0 Å². The summed E-state index contributed by atoms with van der Waals surface area (Å²) in [5, 5.41) is 10.6. The quantitative estimate of drug-likeness (QED) is 0.292. The van der Waals surface area contributed by atoms with Crippen LogP contribution in [0.5, 0.6) is 0 Å². The van der Waals surface area contributed by atoms with E-state index in [2.05, 4.69) is 10.1 Å². The van der Waals surface area contributed by atoms with Gasteiger partial charge in [0.15, 0.2) is 0 Å². The summed E-state index contributed by atoms with van der Waals surface area (Å²) in [6.45, 7) is 0. The molecule has 1 rings (SSSR count). The maximum Gasteiger partial charge on any atom is 0.207 e. The average molecular weight is 150 g/mol. The van der Waals surface area contributed by atoms with Crippen LogP contribution in [-0.4, -0.2) is 22.2 Å². The molecule has 0 radical (unpaired) electrons. The summed E-state index contributed by atoms with van der Waals surface area (Å²) < 4.78 is 0. The lowest BCUT2D eigenvalue weighted by atomic mass is 10.2. The minimum absolute atomic E-state index is 0.338. The van der Waals surface area contributed by atoms with E-state index in [0.29, 0.717) is 5.56 Å². The van der Waals surface area contributed by atoms with Crippen LogP contribution in [0.2, 0.25) is 0 Å². The highest BCUT2D eigenvalue weighted by molar-refractivity contribution is 6.35. The van der Waals surface area contributed by atoms with E-state index in [9.17, 15) is 4.79 Å². The molecule has 1 aromatic heterocycles. The maximum absolute atomic E-state index is 10.9. The fourth-order valence-electron chi connectivity index (χ4n) is 0.643. The first-order chi connectivity index (χ1) is 5.34. The van der Waals surface area contributed by atoms with E-state index >= 15 is 0 Å². The molecule has 0 amide bonds. The van der Waals surface area contributed by atoms with Crippen LogP contribution < -0.4 is 0 Å². The van der Waals surface area contributed by atoms with Crippen molar-refractivity contribution in [3.8, 4) is 0 Å². The van der Waals surface area contributed by atoms with Crippen LogP contribution in [-0.2, 0) is 0 Å². The van der Waals surface area contributed by atoms with E-state index in [1.54, 1.807) is 12.1 Å². The van der Waals surface area contributed by atoms with Crippen LogP contribution in [0.1, 0.15) is 10.4 Å². The Morgan fingerprint density at radius 3 is 2.73 bits per heavy atom. The average Bonchev–Trinajstić information content (AvgIpc) is 2.07. The number of ketones is 1. The van der Waals surface area contributed by atoms with Crippen LogP contribution in [0.15, 0.2) is 29.7 Å². The number of oxime groups is 1. The van der Waals surface area contributed by atoms with Crippen molar-refractivity contribution in [1.29, 1.82) is 0 Å². The van der Waals surface area contributed by atoms with Gasteiger partial charge in [-0.1, -0.05) is 5.16 Å². The van der Waals surface area contributed by atoms with Crippen LogP contribution >= 0.6 is 0 Å². The van der Waals surface area contributed by atoms with Crippen LogP contribution in [0.4, 0.5) is 0 Å². The van der Waals surface area contributed by atoms with E-state index < -0.39 is 0 Å². The number of carbonyl (C=O) groups excluding carboxylic acids is 1. The van der Waals surface area contributed by atoms with Gasteiger partial charge in [0, 0.05) is 18.0 Å². The van der Waals surface area contributed by atoms with Gasteiger partial charge in [-0.3, -0.25) is 9.78 Å². The van der Waals surface area contributed by atoms with Gasteiger partial charge in [0.1, 0.15) is 6.21 Å². The van der Waals surface area contributed by atoms with Crippen molar-refractivity contribution in [1.82, 2.24) is 4.98 Å².